The van der Waals surface area contributed by atoms with Gasteiger partial charge in [-0.3, -0.25) is 4.79 Å². The van der Waals surface area contributed by atoms with Crippen LogP contribution >= 0.6 is 0 Å². The number of hydrogen-bond acceptors (Lipinski definition) is 3. The summed E-state index contributed by atoms with van der Waals surface area (Å²) in [4.78, 5) is 11.1. The number of fused-ring (bicyclic) bond motifs is 1. The van der Waals surface area contributed by atoms with E-state index in [1.165, 1.54) is 0 Å². The molecule has 1 aromatic carbocycles. The molecule has 0 fully saturated rings. The highest BCUT2D eigenvalue weighted by molar-refractivity contribution is 5.97. The van der Waals surface area contributed by atoms with E-state index in [4.69, 9.17) is 0 Å². The summed E-state index contributed by atoms with van der Waals surface area (Å²) in [5.41, 5.74) is 1.74. The molecular formula is C14H14N4O. The summed E-state index contributed by atoms with van der Waals surface area (Å²) in [6.45, 7) is 2.52. The number of carbonyl (C=O) groups is 1. The van der Waals surface area contributed by atoms with E-state index in [1.807, 2.05) is 53.6 Å². The van der Waals surface area contributed by atoms with E-state index in [0.29, 0.717) is 12.1 Å². The molecule has 0 amide bonds. The van der Waals surface area contributed by atoms with Gasteiger partial charge in [0.1, 0.15) is 5.82 Å². The van der Waals surface area contributed by atoms with E-state index in [-0.39, 0.29) is 0 Å². The third-order valence-corrected chi connectivity index (χ3v) is 3.44. The van der Waals surface area contributed by atoms with Crippen molar-refractivity contribution < 1.29 is 4.79 Å². The number of para-hydroxylation sites is 1. The van der Waals surface area contributed by atoms with Gasteiger partial charge < -0.3 is 9.13 Å². The Kier molecular flexibility index (Phi) is 2.67. The first kappa shape index (κ1) is 11.6. The van der Waals surface area contributed by atoms with Crippen LogP contribution < -0.4 is 0 Å². The Morgan fingerprint density at radius 1 is 1.26 bits per heavy atom. The zero-order chi connectivity index (χ0) is 13.4. The van der Waals surface area contributed by atoms with Crippen molar-refractivity contribution in [2.24, 2.45) is 7.05 Å². The van der Waals surface area contributed by atoms with Crippen molar-refractivity contribution in [2.75, 3.05) is 0 Å². The van der Waals surface area contributed by atoms with Gasteiger partial charge >= 0.3 is 0 Å². The fraction of sp³-hybridized carbons (Fsp3) is 0.214. The second-order valence-electron chi connectivity index (χ2n) is 4.57. The molecule has 96 valence electrons. The van der Waals surface area contributed by atoms with Gasteiger partial charge in [-0.2, -0.15) is 0 Å². The van der Waals surface area contributed by atoms with Gasteiger partial charge in [-0.15, -0.1) is 10.2 Å². The van der Waals surface area contributed by atoms with Crippen molar-refractivity contribution in [3.05, 3.63) is 47.7 Å². The Hall–Kier alpha value is -2.43. The normalized spacial score (nSPS) is 11.1. The molecule has 19 heavy (non-hydrogen) atoms. The maximum Gasteiger partial charge on any atom is 0.152 e. The molecule has 0 atom stereocenters. The Morgan fingerprint density at radius 3 is 2.74 bits per heavy atom. The molecule has 0 radical (unpaired) electrons. The van der Waals surface area contributed by atoms with Crippen LogP contribution in [0.2, 0.25) is 0 Å². The zero-order valence-electron chi connectivity index (χ0n) is 10.9. The highest BCUT2D eigenvalue weighted by atomic mass is 16.1. The molecule has 5 heteroatoms. The number of nitrogens with zero attached hydrogens (tertiary/aromatic N) is 4. The second kappa shape index (κ2) is 4.35. The first-order valence-electron chi connectivity index (χ1n) is 6.08. The predicted octanol–water partition coefficient (Wildman–Crippen LogP) is 1.94. The van der Waals surface area contributed by atoms with Gasteiger partial charge in [0.05, 0.1) is 6.54 Å². The lowest BCUT2D eigenvalue weighted by Gasteiger charge is -2.05. The third-order valence-electron chi connectivity index (χ3n) is 3.44. The predicted molar refractivity (Wildman–Crippen MR) is 72.2 cm³/mol. The number of rotatable bonds is 3. The number of aldehydes is 1. The van der Waals surface area contributed by atoms with Crippen molar-refractivity contribution in [1.82, 2.24) is 19.3 Å². The number of aryl methyl sites for hydroxylation is 1. The van der Waals surface area contributed by atoms with Crippen molar-refractivity contribution >= 4 is 17.2 Å². The highest BCUT2D eigenvalue weighted by Gasteiger charge is 2.10. The summed E-state index contributed by atoms with van der Waals surface area (Å²) in [6, 6.07) is 7.87. The van der Waals surface area contributed by atoms with Crippen LogP contribution in [0.3, 0.4) is 0 Å². The van der Waals surface area contributed by atoms with Gasteiger partial charge in [-0.1, -0.05) is 18.2 Å². The number of benzene rings is 1. The topological polar surface area (TPSA) is 52.7 Å². The summed E-state index contributed by atoms with van der Waals surface area (Å²) in [5, 5.41) is 9.17. The molecule has 0 unspecified atom stereocenters. The Balaban J connectivity index is 2.10. The Bertz CT molecular complexity index is 754. The van der Waals surface area contributed by atoms with E-state index in [1.54, 1.807) is 0 Å². The fourth-order valence-corrected chi connectivity index (χ4v) is 2.24. The van der Waals surface area contributed by atoms with Crippen LogP contribution in [-0.2, 0) is 13.6 Å². The van der Waals surface area contributed by atoms with Gasteiger partial charge in [0.2, 0.25) is 0 Å². The van der Waals surface area contributed by atoms with E-state index in [0.717, 1.165) is 28.8 Å². The highest BCUT2D eigenvalue weighted by Crippen LogP contribution is 2.20. The zero-order valence-corrected chi connectivity index (χ0v) is 10.9. The van der Waals surface area contributed by atoms with Crippen LogP contribution in [-0.4, -0.2) is 25.6 Å². The Labute approximate surface area is 110 Å². The number of aromatic nitrogens is 4. The minimum Gasteiger partial charge on any atom is -0.339 e. The molecule has 2 heterocycles. The van der Waals surface area contributed by atoms with Gasteiger partial charge in [0, 0.05) is 29.7 Å². The minimum absolute atomic E-state index is 0.603. The lowest BCUT2D eigenvalue weighted by molar-refractivity contribution is 0.112. The lowest BCUT2D eigenvalue weighted by Crippen LogP contribution is -2.05. The molecule has 0 aliphatic rings. The lowest BCUT2D eigenvalue weighted by atomic mass is 10.2. The van der Waals surface area contributed by atoms with Crippen LogP contribution in [0.15, 0.2) is 30.5 Å². The first-order valence-corrected chi connectivity index (χ1v) is 6.08. The van der Waals surface area contributed by atoms with Crippen molar-refractivity contribution in [2.45, 2.75) is 13.5 Å². The second-order valence-corrected chi connectivity index (χ2v) is 4.57. The number of hydrogen-bond donors (Lipinski definition) is 0. The van der Waals surface area contributed by atoms with Crippen molar-refractivity contribution in [3.8, 4) is 0 Å². The molecule has 0 aliphatic heterocycles. The van der Waals surface area contributed by atoms with Crippen LogP contribution in [0.5, 0.6) is 0 Å². The number of carbonyl (C=O) groups excluding carboxylic acids is 1. The van der Waals surface area contributed by atoms with Gasteiger partial charge in [0.15, 0.2) is 12.1 Å². The summed E-state index contributed by atoms with van der Waals surface area (Å²) in [6.07, 6.45) is 2.75. The van der Waals surface area contributed by atoms with Gasteiger partial charge in [0.25, 0.3) is 0 Å². The van der Waals surface area contributed by atoms with E-state index in [2.05, 4.69) is 10.2 Å². The average molecular weight is 254 g/mol. The smallest absolute Gasteiger partial charge is 0.152 e. The van der Waals surface area contributed by atoms with Gasteiger partial charge in [-0.25, -0.2) is 0 Å². The molecule has 0 aliphatic carbocycles. The standard InChI is InChI=1S/C14H14N4O/c1-10-15-16-14(17(10)2)8-18-7-11(9-19)12-5-3-4-6-13(12)18/h3-7,9H,8H2,1-2H3. The van der Waals surface area contributed by atoms with E-state index in [9.17, 15) is 4.79 Å². The largest absolute Gasteiger partial charge is 0.339 e. The fourth-order valence-electron chi connectivity index (χ4n) is 2.24. The maximum absolute atomic E-state index is 11.1. The van der Waals surface area contributed by atoms with Crippen LogP contribution in [0, 0.1) is 6.92 Å². The van der Waals surface area contributed by atoms with Crippen molar-refractivity contribution in [1.29, 1.82) is 0 Å². The molecule has 3 aromatic rings. The van der Waals surface area contributed by atoms with Crippen LogP contribution in [0.1, 0.15) is 22.0 Å². The quantitative estimate of drug-likeness (QED) is 0.671. The summed E-state index contributed by atoms with van der Waals surface area (Å²) in [7, 11) is 1.94. The average Bonchev–Trinajstić information content (AvgIpc) is 2.95. The van der Waals surface area contributed by atoms with E-state index < -0.39 is 0 Å². The van der Waals surface area contributed by atoms with E-state index >= 15 is 0 Å². The summed E-state index contributed by atoms with van der Waals surface area (Å²) < 4.78 is 3.98. The minimum atomic E-state index is 0.603. The van der Waals surface area contributed by atoms with Gasteiger partial charge in [-0.05, 0) is 13.0 Å². The van der Waals surface area contributed by atoms with Crippen molar-refractivity contribution in [3.63, 3.8) is 0 Å². The molecule has 2 aromatic heterocycles. The molecule has 3 rings (SSSR count). The van der Waals surface area contributed by atoms with Crippen LogP contribution in [0.4, 0.5) is 0 Å². The summed E-state index contributed by atoms with van der Waals surface area (Å²) >= 11 is 0. The maximum atomic E-state index is 11.1. The molecule has 0 saturated carbocycles. The molecule has 0 saturated heterocycles. The Morgan fingerprint density at radius 2 is 2.05 bits per heavy atom. The SMILES string of the molecule is Cc1nnc(Cn2cc(C=O)c3ccccc32)n1C. The molecular weight excluding hydrogens is 240 g/mol. The monoisotopic (exact) mass is 254 g/mol. The third kappa shape index (κ3) is 1.83. The molecule has 0 bridgehead atoms. The molecule has 0 spiro atoms. The summed E-state index contributed by atoms with van der Waals surface area (Å²) in [5.74, 6) is 1.75. The first-order chi connectivity index (χ1) is 9.20. The molecule has 0 N–H and O–H groups in total. The molecule has 5 nitrogen and oxygen atoms in total. The van der Waals surface area contributed by atoms with Crippen LogP contribution in [0.25, 0.3) is 10.9 Å².